The fourth-order valence-electron chi connectivity index (χ4n) is 4.54. The summed E-state index contributed by atoms with van der Waals surface area (Å²) in [4.78, 5) is 0. The molecule has 0 heterocycles. The Morgan fingerprint density at radius 3 is 1.76 bits per heavy atom. The topological polar surface area (TPSA) is 18.5 Å². The molecule has 1 aliphatic carbocycles. The molecule has 2 nitrogen and oxygen atoms in total. The maximum Gasteiger partial charge on any atom is 0.201 e. The van der Waals surface area contributed by atoms with Crippen LogP contribution in [0.1, 0.15) is 71.6 Å². The second-order valence-corrected chi connectivity index (χ2v) is 9.02. The highest BCUT2D eigenvalue weighted by atomic mass is 19.2. The monoisotopic (exact) mass is 466 g/mol. The summed E-state index contributed by atoms with van der Waals surface area (Å²) < 4.78 is 69.4. The fourth-order valence-corrected chi connectivity index (χ4v) is 4.54. The van der Waals surface area contributed by atoms with Crippen LogP contribution in [0, 0.1) is 35.1 Å². The van der Waals surface area contributed by atoms with Gasteiger partial charge in [-0.05, 0) is 55.4 Å². The van der Waals surface area contributed by atoms with Gasteiger partial charge in [0.05, 0.1) is 13.2 Å². The van der Waals surface area contributed by atoms with Gasteiger partial charge >= 0.3 is 0 Å². The number of hydrogen-bond donors (Lipinski definition) is 0. The number of benzene rings is 2. The fraction of sp³-hybridized carbons (Fsp3) is 0.556. The molecule has 1 aliphatic rings. The van der Waals surface area contributed by atoms with Gasteiger partial charge in [0.15, 0.2) is 23.1 Å². The molecule has 2 aromatic rings. The van der Waals surface area contributed by atoms with Gasteiger partial charge in [0, 0.05) is 11.1 Å². The van der Waals surface area contributed by atoms with Crippen molar-refractivity contribution in [3.8, 4) is 22.6 Å². The Bertz CT molecular complexity index is 907. The smallest absolute Gasteiger partial charge is 0.201 e. The average molecular weight is 467 g/mol. The molecule has 0 aromatic heterocycles. The van der Waals surface area contributed by atoms with E-state index in [0.717, 1.165) is 50.9 Å². The van der Waals surface area contributed by atoms with Gasteiger partial charge in [-0.3, -0.25) is 0 Å². The molecule has 0 radical (unpaired) electrons. The zero-order valence-corrected chi connectivity index (χ0v) is 19.6. The van der Waals surface area contributed by atoms with Crippen LogP contribution in [-0.4, -0.2) is 13.2 Å². The molecule has 2 aromatic carbocycles. The van der Waals surface area contributed by atoms with Gasteiger partial charge in [0.1, 0.15) is 0 Å². The minimum atomic E-state index is -1.27. The number of ether oxygens (including phenoxy) is 2. The van der Waals surface area contributed by atoms with Crippen molar-refractivity contribution in [3.63, 3.8) is 0 Å². The van der Waals surface area contributed by atoms with E-state index < -0.39 is 23.3 Å². The van der Waals surface area contributed by atoms with Crippen molar-refractivity contribution < 1.29 is 27.0 Å². The summed E-state index contributed by atoms with van der Waals surface area (Å²) in [7, 11) is 0. The summed E-state index contributed by atoms with van der Waals surface area (Å²) in [5, 5.41) is 0. The third kappa shape index (κ3) is 6.42. The minimum absolute atomic E-state index is 0.205. The second-order valence-electron chi connectivity index (χ2n) is 9.02. The third-order valence-electron chi connectivity index (χ3n) is 6.53. The van der Waals surface area contributed by atoms with Crippen LogP contribution in [0.2, 0.25) is 0 Å². The molecule has 0 bridgehead atoms. The largest absolute Gasteiger partial charge is 0.490 e. The van der Waals surface area contributed by atoms with Crippen molar-refractivity contribution in [1.82, 2.24) is 0 Å². The second kappa shape index (κ2) is 12.3. The van der Waals surface area contributed by atoms with Crippen LogP contribution in [0.15, 0.2) is 24.3 Å². The summed E-state index contributed by atoms with van der Waals surface area (Å²) in [5.74, 6) is -4.28. The zero-order chi connectivity index (χ0) is 23.8. The first kappa shape index (κ1) is 25.4. The SMILES string of the molecule is CCCCCOc1ccc(-c2ccc(OCC3CCC(CCC)CC3)c(F)c2F)c(F)c1F. The van der Waals surface area contributed by atoms with Crippen LogP contribution in [0.5, 0.6) is 11.5 Å². The summed E-state index contributed by atoms with van der Waals surface area (Å²) in [6.07, 6.45) is 9.35. The van der Waals surface area contributed by atoms with Gasteiger partial charge in [-0.25, -0.2) is 8.78 Å². The van der Waals surface area contributed by atoms with Gasteiger partial charge in [0.25, 0.3) is 0 Å². The number of unbranched alkanes of at least 4 members (excludes halogenated alkanes) is 2. The molecule has 1 fully saturated rings. The Morgan fingerprint density at radius 2 is 1.21 bits per heavy atom. The predicted molar refractivity (Wildman–Crippen MR) is 123 cm³/mol. The molecule has 6 heteroatoms. The van der Waals surface area contributed by atoms with Crippen molar-refractivity contribution in [2.24, 2.45) is 11.8 Å². The van der Waals surface area contributed by atoms with E-state index in [0.29, 0.717) is 12.5 Å². The molecule has 0 aliphatic heterocycles. The van der Waals surface area contributed by atoms with Gasteiger partial charge < -0.3 is 9.47 Å². The highest BCUT2D eigenvalue weighted by Crippen LogP contribution is 2.36. The molecule has 0 saturated heterocycles. The van der Waals surface area contributed by atoms with Crippen molar-refractivity contribution in [3.05, 3.63) is 47.5 Å². The van der Waals surface area contributed by atoms with Gasteiger partial charge in [0.2, 0.25) is 11.6 Å². The molecular formula is C27H34F4O2. The quantitative estimate of drug-likeness (QED) is 0.244. The lowest BCUT2D eigenvalue weighted by Crippen LogP contribution is -2.20. The molecule has 3 rings (SSSR count). The summed E-state index contributed by atoms with van der Waals surface area (Å²) >= 11 is 0. The number of rotatable bonds is 11. The van der Waals surface area contributed by atoms with Crippen LogP contribution in [0.4, 0.5) is 17.6 Å². The molecule has 0 N–H and O–H groups in total. The molecule has 0 unspecified atom stereocenters. The van der Waals surface area contributed by atoms with Crippen molar-refractivity contribution in [2.75, 3.05) is 13.2 Å². The normalized spacial score (nSPS) is 18.4. The molecule has 33 heavy (non-hydrogen) atoms. The number of halogens is 4. The maximum absolute atomic E-state index is 14.8. The Hall–Kier alpha value is -2.24. The Kier molecular flexibility index (Phi) is 9.45. The molecular weight excluding hydrogens is 432 g/mol. The van der Waals surface area contributed by atoms with E-state index in [1.54, 1.807) is 0 Å². The maximum atomic E-state index is 14.8. The Morgan fingerprint density at radius 1 is 0.667 bits per heavy atom. The first-order valence-corrected chi connectivity index (χ1v) is 12.2. The van der Waals surface area contributed by atoms with Crippen LogP contribution in [-0.2, 0) is 0 Å². The van der Waals surface area contributed by atoms with Crippen molar-refractivity contribution >= 4 is 0 Å². The third-order valence-corrected chi connectivity index (χ3v) is 6.53. The van der Waals surface area contributed by atoms with Gasteiger partial charge in [-0.15, -0.1) is 0 Å². The molecule has 0 spiro atoms. The lowest BCUT2D eigenvalue weighted by Gasteiger charge is -2.28. The first-order valence-electron chi connectivity index (χ1n) is 12.2. The van der Waals surface area contributed by atoms with Crippen LogP contribution < -0.4 is 9.47 Å². The number of hydrogen-bond acceptors (Lipinski definition) is 2. The van der Waals surface area contributed by atoms with Crippen LogP contribution in [0.3, 0.4) is 0 Å². The van der Waals surface area contributed by atoms with Crippen molar-refractivity contribution in [1.29, 1.82) is 0 Å². The van der Waals surface area contributed by atoms with Crippen LogP contribution >= 0.6 is 0 Å². The van der Waals surface area contributed by atoms with E-state index in [1.807, 2.05) is 6.92 Å². The van der Waals surface area contributed by atoms with E-state index in [-0.39, 0.29) is 29.2 Å². The summed E-state index contributed by atoms with van der Waals surface area (Å²) in [6, 6.07) is 4.96. The molecule has 0 amide bonds. The Balaban J connectivity index is 1.67. The predicted octanol–water partition coefficient (Wildman–Crippen LogP) is 8.46. The lowest BCUT2D eigenvalue weighted by molar-refractivity contribution is 0.173. The van der Waals surface area contributed by atoms with Gasteiger partial charge in [-0.2, -0.15) is 8.78 Å². The lowest BCUT2D eigenvalue weighted by atomic mass is 9.80. The van der Waals surface area contributed by atoms with E-state index in [9.17, 15) is 17.6 Å². The highest BCUT2D eigenvalue weighted by Gasteiger charge is 2.24. The van der Waals surface area contributed by atoms with Crippen LogP contribution in [0.25, 0.3) is 11.1 Å². The average Bonchev–Trinajstić information content (AvgIpc) is 2.82. The summed E-state index contributed by atoms with van der Waals surface area (Å²) in [5.41, 5.74) is -0.709. The van der Waals surface area contributed by atoms with E-state index in [2.05, 4.69) is 6.92 Å². The summed E-state index contributed by atoms with van der Waals surface area (Å²) in [6.45, 7) is 4.80. The minimum Gasteiger partial charge on any atom is -0.490 e. The standard InChI is InChI=1S/C27H34F4O2/c1-3-5-6-16-32-22-14-12-20(24(28)26(22)30)21-13-15-23(27(31)25(21)29)33-17-19-10-8-18(7-4-2)9-11-19/h12-15,18-19H,3-11,16-17H2,1-2H3. The molecule has 182 valence electrons. The Labute approximate surface area is 194 Å². The molecule has 0 atom stereocenters. The van der Waals surface area contributed by atoms with E-state index >= 15 is 0 Å². The van der Waals surface area contributed by atoms with E-state index in [4.69, 9.17) is 9.47 Å². The highest BCUT2D eigenvalue weighted by molar-refractivity contribution is 5.67. The van der Waals surface area contributed by atoms with Crippen molar-refractivity contribution in [2.45, 2.75) is 71.6 Å². The van der Waals surface area contributed by atoms with Gasteiger partial charge in [-0.1, -0.05) is 52.4 Å². The first-order chi connectivity index (χ1) is 16.0. The van der Waals surface area contributed by atoms with E-state index in [1.165, 1.54) is 37.1 Å². The zero-order valence-electron chi connectivity index (χ0n) is 19.6. The molecule has 1 saturated carbocycles.